The maximum Gasteiger partial charge on any atom is 0.225 e. The highest BCUT2D eigenvalue weighted by atomic mass is 32.1. The minimum Gasteiger partial charge on any atom is -0.357 e. The van der Waals surface area contributed by atoms with Crippen LogP contribution in [0.15, 0.2) is 34.9 Å². The van der Waals surface area contributed by atoms with Crippen molar-refractivity contribution in [2.24, 2.45) is 4.99 Å². The van der Waals surface area contributed by atoms with Crippen molar-refractivity contribution < 1.29 is 4.79 Å². The molecule has 4 rings (SSSR count). The molecule has 2 aromatic rings. The first-order valence-electron chi connectivity index (χ1n) is 10.6. The number of carbonyl (C=O) groups excluding carboxylic acids is 1. The van der Waals surface area contributed by atoms with Crippen LogP contribution in [0.4, 0.5) is 5.95 Å². The summed E-state index contributed by atoms with van der Waals surface area (Å²) in [6, 6.07) is 3.97. The molecule has 9 heteroatoms. The summed E-state index contributed by atoms with van der Waals surface area (Å²) in [4.78, 5) is 33.9. The molecule has 0 atom stereocenters. The molecule has 160 valence electrons. The highest BCUT2D eigenvalue weighted by Crippen LogP contribution is 2.24. The van der Waals surface area contributed by atoms with Crippen LogP contribution in [0.5, 0.6) is 0 Å². The third-order valence-corrected chi connectivity index (χ3v) is 6.52. The average Bonchev–Trinajstić information content (AvgIpc) is 3.27. The van der Waals surface area contributed by atoms with Crippen molar-refractivity contribution in [3.63, 3.8) is 0 Å². The molecule has 8 nitrogen and oxygen atoms in total. The Bertz CT molecular complexity index is 861. The van der Waals surface area contributed by atoms with Gasteiger partial charge in [-0.15, -0.1) is 11.3 Å². The van der Waals surface area contributed by atoms with E-state index in [9.17, 15) is 4.79 Å². The number of rotatable bonds is 5. The van der Waals surface area contributed by atoms with Gasteiger partial charge in [0.05, 0.1) is 6.54 Å². The van der Waals surface area contributed by atoms with Gasteiger partial charge in [-0.25, -0.2) is 9.97 Å². The van der Waals surface area contributed by atoms with E-state index in [0.717, 1.165) is 64.1 Å². The summed E-state index contributed by atoms with van der Waals surface area (Å²) in [5, 5.41) is 5.49. The molecule has 2 aromatic heterocycles. The maximum absolute atomic E-state index is 12.7. The number of aromatic nitrogens is 2. The van der Waals surface area contributed by atoms with E-state index in [2.05, 4.69) is 43.5 Å². The van der Waals surface area contributed by atoms with E-state index >= 15 is 0 Å². The van der Waals surface area contributed by atoms with Crippen molar-refractivity contribution >= 4 is 29.2 Å². The zero-order chi connectivity index (χ0) is 20.8. The lowest BCUT2D eigenvalue weighted by atomic mass is 10.1. The van der Waals surface area contributed by atoms with Gasteiger partial charge in [0.2, 0.25) is 11.9 Å². The SMILES string of the molecule is CCNC(=NCCC(=O)N1CCc2sccc2C1)N1CCN(c2ncccn2)CC1. The molecular weight excluding hydrogens is 398 g/mol. The van der Waals surface area contributed by atoms with Crippen LogP contribution in [0.1, 0.15) is 23.8 Å². The predicted molar refractivity (Wildman–Crippen MR) is 120 cm³/mol. The molecule has 2 aliphatic heterocycles. The Morgan fingerprint density at radius 1 is 1.17 bits per heavy atom. The van der Waals surface area contributed by atoms with Gasteiger partial charge in [0.1, 0.15) is 0 Å². The number of hydrogen-bond donors (Lipinski definition) is 1. The van der Waals surface area contributed by atoms with E-state index in [-0.39, 0.29) is 5.91 Å². The number of piperazine rings is 1. The molecule has 0 saturated carbocycles. The third-order valence-electron chi connectivity index (χ3n) is 5.50. The summed E-state index contributed by atoms with van der Waals surface area (Å²) in [5.41, 5.74) is 1.30. The Labute approximate surface area is 181 Å². The quantitative estimate of drug-likeness (QED) is 0.577. The molecule has 0 unspecified atom stereocenters. The molecule has 1 fully saturated rings. The highest BCUT2D eigenvalue weighted by Gasteiger charge is 2.23. The second-order valence-electron chi connectivity index (χ2n) is 7.44. The van der Waals surface area contributed by atoms with E-state index < -0.39 is 0 Å². The van der Waals surface area contributed by atoms with E-state index in [0.29, 0.717) is 13.0 Å². The smallest absolute Gasteiger partial charge is 0.225 e. The van der Waals surface area contributed by atoms with Gasteiger partial charge < -0.3 is 20.0 Å². The number of carbonyl (C=O) groups is 1. The van der Waals surface area contributed by atoms with Gasteiger partial charge in [-0.1, -0.05) is 0 Å². The summed E-state index contributed by atoms with van der Waals surface area (Å²) in [7, 11) is 0. The number of nitrogens with one attached hydrogen (secondary N) is 1. The summed E-state index contributed by atoms with van der Waals surface area (Å²) in [6.45, 7) is 8.36. The number of thiophene rings is 1. The largest absolute Gasteiger partial charge is 0.357 e. The van der Waals surface area contributed by atoms with Crippen LogP contribution in [0, 0.1) is 0 Å². The topological polar surface area (TPSA) is 77.0 Å². The fourth-order valence-electron chi connectivity index (χ4n) is 3.88. The van der Waals surface area contributed by atoms with Crippen LogP contribution in [0.3, 0.4) is 0 Å². The van der Waals surface area contributed by atoms with Gasteiger partial charge in [0.25, 0.3) is 0 Å². The van der Waals surface area contributed by atoms with Crippen LogP contribution >= 0.6 is 11.3 Å². The van der Waals surface area contributed by atoms with Gasteiger partial charge in [0.15, 0.2) is 5.96 Å². The van der Waals surface area contributed by atoms with Crippen molar-refractivity contribution in [3.05, 3.63) is 40.3 Å². The van der Waals surface area contributed by atoms with E-state index in [1.807, 2.05) is 11.0 Å². The Kier molecular flexibility index (Phi) is 6.78. The number of nitrogens with zero attached hydrogens (tertiary/aromatic N) is 6. The molecule has 0 radical (unpaired) electrons. The zero-order valence-electron chi connectivity index (χ0n) is 17.5. The van der Waals surface area contributed by atoms with Gasteiger partial charge in [-0.2, -0.15) is 0 Å². The average molecular weight is 428 g/mol. The van der Waals surface area contributed by atoms with E-state index in [1.165, 1.54) is 10.4 Å². The number of hydrogen-bond acceptors (Lipinski definition) is 6. The number of fused-ring (bicyclic) bond motifs is 1. The molecule has 1 saturated heterocycles. The molecule has 4 heterocycles. The lowest BCUT2D eigenvalue weighted by molar-refractivity contribution is -0.131. The fourth-order valence-corrected chi connectivity index (χ4v) is 4.77. The first-order valence-corrected chi connectivity index (χ1v) is 11.5. The van der Waals surface area contributed by atoms with Crippen molar-refractivity contribution in [1.82, 2.24) is 25.1 Å². The Morgan fingerprint density at radius 2 is 1.97 bits per heavy atom. The zero-order valence-corrected chi connectivity index (χ0v) is 18.3. The minimum absolute atomic E-state index is 0.192. The van der Waals surface area contributed by atoms with Gasteiger partial charge >= 0.3 is 0 Å². The van der Waals surface area contributed by atoms with Crippen molar-refractivity contribution in [3.8, 4) is 0 Å². The lowest BCUT2D eigenvalue weighted by Crippen LogP contribution is -2.53. The molecule has 1 amide bonds. The second kappa shape index (κ2) is 9.88. The summed E-state index contributed by atoms with van der Waals surface area (Å²) < 4.78 is 0. The first-order chi connectivity index (χ1) is 14.7. The normalized spacial score (nSPS) is 17.1. The van der Waals surface area contributed by atoms with Gasteiger partial charge in [-0.05, 0) is 36.4 Å². The Balaban J connectivity index is 1.28. The first kappa shape index (κ1) is 20.6. The minimum atomic E-state index is 0.192. The molecular formula is C21H29N7OS. The van der Waals surface area contributed by atoms with Crippen LogP contribution < -0.4 is 10.2 Å². The van der Waals surface area contributed by atoms with Crippen molar-refractivity contribution in [2.75, 3.05) is 50.7 Å². The molecule has 0 spiro atoms. The number of guanidine groups is 1. The number of anilines is 1. The summed E-state index contributed by atoms with van der Waals surface area (Å²) >= 11 is 1.80. The van der Waals surface area contributed by atoms with E-state index in [1.54, 1.807) is 23.7 Å². The summed E-state index contributed by atoms with van der Waals surface area (Å²) in [5.74, 6) is 1.86. The monoisotopic (exact) mass is 427 g/mol. The molecule has 30 heavy (non-hydrogen) atoms. The predicted octanol–water partition coefficient (Wildman–Crippen LogP) is 1.60. The van der Waals surface area contributed by atoms with Crippen LogP contribution in [-0.2, 0) is 17.8 Å². The lowest BCUT2D eigenvalue weighted by Gasteiger charge is -2.36. The standard InChI is InChI=1S/C21H29N7OS/c1-2-22-20(26-11-13-27(14-12-26)21-23-7-3-8-24-21)25-9-4-19(29)28-10-5-18-17(16-28)6-15-30-18/h3,6-8,15H,2,4-5,9-14,16H2,1H3,(H,22,25). The third kappa shape index (κ3) is 4.89. The molecule has 2 aliphatic rings. The van der Waals surface area contributed by atoms with Crippen LogP contribution in [-0.4, -0.2) is 77.4 Å². The van der Waals surface area contributed by atoms with Crippen molar-refractivity contribution in [1.29, 1.82) is 0 Å². The number of amides is 1. The maximum atomic E-state index is 12.7. The van der Waals surface area contributed by atoms with Crippen molar-refractivity contribution in [2.45, 2.75) is 26.3 Å². The van der Waals surface area contributed by atoms with Crippen LogP contribution in [0.25, 0.3) is 0 Å². The molecule has 0 aromatic carbocycles. The highest BCUT2D eigenvalue weighted by molar-refractivity contribution is 7.10. The Morgan fingerprint density at radius 3 is 2.73 bits per heavy atom. The molecule has 0 aliphatic carbocycles. The van der Waals surface area contributed by atoms with Gasteiger partial charge in [-0.3, -0.25) is 9.79 Å². The van der Waals surface area contributed by atoms with E-state index in [4.69, 9.17) is 4.99 Å². The van der Waals surface area contributed by atoms with Gasteiger partial charge in [0, 0.05) is 69.5 Å². The second-order valence-corrected chi connectivity index (χ2v) is 8.44. The fraction of sp³-hybridized carbons (Fsp3) is 0.524. The number of aliphatic imine (C=N–C) groups is 1. The summed E-state index contributed by atoms with van der Waals surface area (Å²) in [6.07, 6.45) is 4.98. The Hall–Kier alpha value is -2.68. The molecule has 1 N–H and O–H groups in total. The van der Waals surface area contributed by atoms with Crippen LogP contribution in [0.2, 0.25) is 0 Å². The molecule has 0 bridgehead atoms.